The molecule has 1 saturated carbocycles. The predicted octanol–water partition coefficient (Wildman–Crippen LogP) is 2.24. The molecule has 0 amide bonds. The molecule has 1 fully saturated rings. The van der Waals surface area contributed by atoms with E-state index in [1.807, 2.05) is 12.1 Å². The van der Waals surface area contributed by atoms with Gasteiger partial charge in [0.2, 0.25) is 0 Å². The predicted molar refractivity (Wildman–Crippen MR) is 65.3 cm³/mol. The van der Waals surface area contributed by atoms with Gasteiger partial charge in [-0.1, -0.05) is 6.92 Å². The Labute approximate surface area is 97.8 Å². The lowest BCUT2D eigenvalue weighted by molar-refractivity contribution is 0.190. The molecule has 0 bridgehead atoms. The Hall–Kier alpha value is -0.800. The van der Waals surface area contributed by atoms with E-state index < -0.39 is 0 Å². The van der Waals surface area contributed by atoms with Crippen molar-refractivity contribution >= 4 is 0 Å². The van der Waals surface area contributed by atoms with Gasteiger partial charge >= 0.3 is 0 Å². The molecular formula is C13H22N2O. The first-order valence-electron chi connectivity index (χ1n) is 6.29. The second-order valence-corrected chi connectivity index (χ2v) is 4.67. The zero-order valence-electron chi connectivity index (χ0n) is 10.3. The summed E-state index contributed by atoms with van der Waals surface area (Å²) in [5.74, 6) is 1.06. The third-order valence-electron chi connectivity index (χ3n) is 3.25. The molecule has 1 aliphatic carbocycles. The van der Waals surface area contributed by atoms with Gasteiger partial charge in [0.15, 0.2) is 0 Å². The molecule has 0 aliphatic heterocycles. The van der Waals surface area contributed by atoms with Crippen molar-refractivity contribution in [1.82, 2.24) is 10.2 Å². The molecule has 1 atom stereocenters. The van der Waals surface area contributed by atoms with Crippen molar-refractivity contribution in [3.05, 3.63) is 24.2 Å². The number of likely N-dealkylation sites (N-methyl/N-ethyl adjacent to an activating group) is 1. The number of rotatable bonds is 7. The number of nitrogens with one attached hydrogen (secondary N) is 1. The summed E-state index contributed by atoms with van der Waals surface area (Å²) in [6.45, 7) is 7.54. The monoisotopic (exact) mass is 222 g/mol. The summed E-state index contributed by atoms with van der Waals surface area (Å²) in [5, 5.41) is 3.58. The molecule has 90 valence electrons. The highest BCUT2D eigenvalue weighted by atomic mass is 16.3. The van der Waals surface area contributed by atoms with Crippen LogP contribution in [0.2, 0.25) is 0 Å². The van der Waals surface area contributed by atoms with Crippen molar-refractivity contribution in [2.75, 3.05) is 13.1 Å². The van der Waals surface area contributed by atoms with Gasteiger partial charge in [0.25, 0.3) is 0 Å². The molecule has 1 N–H and O–H groups in total. The Balaban J connectivity index is 1.77. The van der Waals surface area contributed by atoms with E-state index in [4.69, 9.17) is 4.42 Å². The van der Waals surface area contributed by atoms with Crippen LogP contribution in [0.15, 0.2) is 22.8 Å². The van der Waals surface area contributed by atoms with Crippen molar-refractivity contribution < 1.29 is 4.42 Å². The van der Waals surface area contributed by atoms with Gasteiger partial charge in [-0.3, -0.25) is 4.90 Å². The second-order valence-electron chi connectivity index (χ2n) is 4.67. The fourth-order valence-corrected chi connectivity index (χ4v) is 1.94. The van der Waals surface area contributed by atoms with E-state index in [1.54, 1.807) is 6.26 Å². The van der Waals surface area contributed by atoms with E-state index in [9.17, 15) is 0 Å². The van der Waals surface area contributed by atoms with Crippen LogP contribution in [0.5, 0.6) is 0 Å². The van der Waals surface area contributed by atoms with E-state index >= 15 is 0 Å². The smallest absolute Gasteiger partial charge is 0.117 e. The van der Waals surface area contributed by atoms with Gasteiger partial charge in [-0.15, -0.1) is 0 Å². The van der Waals surface area contributed by atoms with E-state index in [0.717, 1.165) is 31.4 Å². The standard InChI is InChI=1S/C13H22N2O/c1-3-15(10-13-5-4-8-16-13)11(2)9-14-12-6-7-12/h4-5,8,11-12,14H,3,6-7,9-10H2,1-2H3. The Kier molecular flexibility index (Phi) is 4.02. The molecule has 3 nitrogen and oxygen atoms in total. The van der Waals surface area contributed by atoms with Crippen LogP contribution in [0.25, 0.3) is 0 Å². The summed E-state index contributed by atoms with van der Waals surface area (Å²) in [7, 11) is 0. The average Bonchev–Trinajstić information content (AvgIpc) is 2.99. The van der Waals surface area contributed by atoms with Crippen LogP contribution in [0, 0.1) is 0 Å². The largest absolute Gasteiger partial charge is 0.468 e. The molecule has 1 aliphatic rings. The van der Waals surface area contributed by atoms with Crippen molar-refractivity contribution in [3.8, 4) is 0 Å². The topological polar surface area (TPSA) is 28.4 Å². The van der Waals surface area contributed by atoms with Gasteiger partial charge < -0.3 is 9.73 Å². The molecular weight excluding hydrogens is 200 g/mol. The lowest BCUT2D eigenvalue weighted by Crippen LogP contribution is -2.40. The van der Waals surface area contributed by atoms with Gasteiger partial charge in [-0.25, -0.2) is 0 Å². The first kappa shape index (κ1) is 11.7. The van der Waals surface area contributed by atoms with Gasteiger partial charge in [0.1, 0.15) is 5.76 Å². The lowest BCUT2D eigenvalue weighted by Gasteiger charge is -2.27. The van der Waals surface area contributed by atoms with E-state index in [1.165, 1.54) is 12.8 Å². The number of furan rings is 1. The summed E-state index contributed by atoms with van der Waals surface area (Å²) in [6.07, 6.45) is 4.46. The normalized spacial score (nSPS) is 17.9. The highest BCUT2D eigenvalue weighted by Crippen LogP contribution is 2.18. The minimum Gasteiger partial charge on any atom is -0.468 e. The second kappa shape index (κ2) is 5.51. The van der Waals surface area contributed by atoms with Crippen molar-refractivity contribution in [2.45, 2.75) is 45.3 Å². The molecule has 0 spiro atoms. The molecule has 3 heteroatoms. The van der Waals surface area contributed by atoms with Gasteiger partial charge in [0.05, 0.1) is 12.8 Å². The Morgan fingerprint density at radius 2 is 2.38 bits per heavy atom. The molecule has 0 radical (unpaired) electrons. The van der Waals surface area contributed by atoms with Crippen molar-refractivity contribution in [3.63, 3.8) is 0 Å². The Morgan fingerprint density at radius 1 is 1.56 bits per heavy atom. The molecule has 1 aromatic rings. The third kappa shape index (κ3) is 3.35. The third-order valence-corrected chi connectivity index (χ3v) is 3.25. The van der Waals surface area contributed by atoms with Gasteiger partial charge in [0, 0.05) is 18.6 Å². The molecule has 0 saturated heterocycles. The zero-order chi connectivity index (χ0) is 11.4. The first-order valence-corrected chi connectivity index (χ1v) is 6.29. The van der Waals surface area contributed by atoms with Crippen LogP contribution in [0.1, 0.15) is 32.4 Å². The Morgan fingerprint density at radius 3 is 2.94 bits per heavy atom. The molecule has 2 rings (SSSR count). The maximum atomic E-state index is 5.39. The fraction of sp³-hybridized carbons (Fsp3) is 0.692. The van der Waals surface area contributed by atoms with Gasteiger partial charge in [-0.2, -0.15) is 0 Å². The maximum absolute atomic E-state index is 5.39. The van der Waals surface area contributed by atoms with E-state index in [0.29, 0.717) is 6.04 Å². The summed E-state index contributed by atoms with van der Waals surface area (Å²) in [6, 6.07) is 5.36. The number of hydrogen-bond acceptors (Lipinski definition) is 3. The molecule has 1 aromatic heterocycles. The van der Waals surface area contributed by atoms with Crippen molar-refractivity contribution in [2.24, 2.45) is 0 Å². The Bertz CT molecular complexity index is 293. The van der Waals surface area contributed by atoms with E-state index in [-0.39, 0.29) is 0 Å². The average molecular weight is 222 g/mol. The lowest BCUT2D eigenvalue weighted by atomic mass is 10.2. The number of nitrogens with zero attached hydrogens (tertiary/aromatic N) is 1. The molecule has 1 unspecified atom stereocenters. The summed E-state index contributed by atoms with van der Waals surface area (Å²) >= 11 is 0. The minimum atomic E-state index is 0.565. The van der Waals surface area contributed by atoms with E-state index in [2.05, 4.69) is 24.1 Å². The maximum Gasteiger partial charge on any atom is 0.117 e. The number of hydrogen-bond donors (Lipinski definition) is 1. The highest BCUT2D eigenvalue weighted by molar-refractivity contribution is 4.98. The zero-order valence-corrected chi connectivity index (χ0v) is 10.3. The fourth-order valence-electron chi connectivity index (χ4n) is 1.94. The van der Waals surface area contributed by atoms with Gasteiger partial charge in [-0.05, 0) is 38.4 Å². The van der Waals surface area contributed by atoms with Crippen molar-refractivity contribution in [1.29, 1.82) is 0 Å². The highest BCUT2D eigenvalue weighted by Gasteiger charge is 2.22. The summed E-state index contributed by atoms with van der Waals surface area (Å²) in [5.41, 5.74) is 0. The summed E-state index contributed by atoms with van der Waals surface area (Å²) in [4.78, 5) is 2.44. The van der Waals surface area contributed by atoms with Crippen LogP contribution in [-0.4, -0.2) is 30.1 Å². The van der Waals surface area contributed by atoms with Crippen LogP contribution >= 0.6 is 0 Å². The summed E-state index contributed by atoms with van der Waals surface area (Å²) < 4.78 is 5.39. The first-order chi connectivity index (χ1) is 7.79. The quantitative estimate of drug-likeness (QED) is 0.767. The van der Waals surface area contributed by atoms with Crippen LogP contribution in [0.4, 0.5) is 0 Å². The minimum absolute atomic E-state index is 0.565. The molecule has 16 heavy (non-hydrogen) atoms. The van der Waals surface area contributed by atoms with Crippen LogP contribution in [-0.2, 0) is 6.54 Å². The molecule has 0 aromatic carbocycles. The molecule has 1 heterocycles. The van der Waals surface area contributed by atoms with Crippen LogP contribution in [0.3, 0.4) is 0 Å². The van der Waals surface area contributed by atoms with Crippen LogP contribution < -0.4 is 5.32 Å². The SMILES string of the molecule is CCN(Cc1ccco1)C(C)CNC1CC1.